The number of carbonyl (C=O) groups excluding carboxylic acids is 2. The molecule has 0 aromatic heterocycles. The van der Waals surface area contributed by atoms with E-state index in [-0.39, 0.29) is 42.9 Å². The van der Waals surface area contributed by atoms with Crippen molar-refractivity contribution in [1.82, 2.24) is 4.90 Å². The summed E-state index contributed by atoms with van der Waals surface area (Å²) in [7, 11) is 9.53. The van der Waals surface area contributed by atoms with Gasteiger partial charge in [0, 0.05) is 89.4 Å². The van der Waals surface area contributed by atoms with E-state index in [0.717, 1.165) is 0 Å². The molecule has 5 aliphatic carbocycles. The molecule has 2 N–H and O–H groups in total. The van der Waals surface area contributed by atoms with E-state index < -0.39 is 76.3 Å². The summed E-state index contributed by atoms with van der Waals surface area (Å²) in [6.45, 7) is 4.99. The van der Waals surface area contributed by atoms with Gasteiger partial charge in [-0.25, -0.2) is 4.79 Å². The van der Waals surface area contributed by atoms with Crippen molar-refractivity contribution < 1.29 is 57.7 Å². The van der Waals surface area contributed by atoms with Crippen molar-refractivity contribution in [2.75, 3.05) is 62.4 Å². The Labute approximate surface area is 287 Å². The Balaban J connectivity index is 1.46. The monoisotopic (exact) mass is 689 g/mol. The van der Waals surface area contributed by atoms with Gasteiger partial charge in [0.25, 0.3) is 0 Å². The van der Waals surface area contributed by atoms with Crippen LogP contribution in [0.5, 0.6) is 11.5 Å². The van der Waals surface area contributed by atoms with Crippen LogP contribution in [-0.4, -0.2) is 137 Å². The van der Waals surface area contributed by atoms with Crippen molar-refractivity contribution in [1.29, 1.82) is 0 Å². The predicted octanol–water partition coefficient (Wildman–Crippen LogP) is 1.69. The minimum Gasteiger partial charge on any atom is -0.493 e. The number of methoxy groups -OCH3 is 6. The van der Waals surface area contributed by atoms with E-state index in [4.69, 9.17) is 37.9 Å². The molecule has 6 aliphatic rings. The van der Waals surface area contributed by atoms with Crippen LogP contribution < -0.4 is 9.47 Å². The lowest BCUT2D eigenvalue weighted by Crippen LogP contribution is -2.79. The number of carbonyl (C=O) groups is 2. The van der Waals surface area contributed by atoms with Gasteiger partial charge in [-0.05, 0) is 37.1 Å². The fraction of sp³-hybridized carbons (Fsp3) is 0.778. The zero-order chi connectivity index (χ0) is 35.3. The highest BCUT2D eigenvalue weighted by molar-refractivity contribution is 5.90. The second kappa shape index (κ2) is 12.0. The van der Waals surface area contributed by atoms with Crippen LogP contribution in [0, 0.1) is 34.5 Å². The van der Waals surface area contributed by atoms with E-state index >= 15 is 0 Å². The first kappa shape index (κ1) is 34.9. The fourth-order valence-electron chi connectivity index (χ4n) is 12.6. The highest BCUT2D eigenvalue weighted by Gasteiger charge is 2.90. The van der Waals surface area contributed by atoms with Crippen LogP contribution in [0.15, 0.2) is 18.2 Å². The molecule has 1 aliphatic heterocycles. The van der Waals surface area contributed by atoms with Crippen molar-refractivity contribution >= 4 is 11.9 Å². The average Bonchev–Trinajstić information content (AvgIpc) is 3.46. The lowest BCUT2D eigenvalue weighted by atomic mass is 9.42. The molecule has 272 valence electrons. The van der Waals surface area contributed by atoms with E-state index in [1.54, 1.807) is 39.5 Å². The first-order chi connectivity index (χ1) is 23.4. The number of hydrogen-bond donors (Lipinski definition) is 2. The van der Waals surface area contributed by atoms with Crippen LogP contribution in [0.1, 0.15) is 43.5 Å². The van der Waals surface area contributed by atoms with Crippen LogP contribution in [0.4, 0.5) is 0 Å². The van der Waals surface area contributed by atoms with Crippen LogP contribution in [0.25, 0.3) is 0 Å². The van der Waals surface area contributed by atoms with Crippen LogP contribution in [-0.2, 0) is 33.2 Å². The Bertz CT molecular complexity index is 1480. The third-order valence-corrected chi connectivity index (χ3v) is 13.7. The van der Waals surface area contributed by atoms with Crippen molar-refractivity contribution in [3.8, 4) is 11.5 Å². The van der Waals surface area contributed by atoms with E-state index in [1.165, 1.54) is 28.3 Å². The number of aliphatic hydroxyl groups is 2. The first-order valence-corrected chi connectivity index (χ1v) is 17.3. The molecule has 1 heterocycles. The fourth-order valence-corrected chi connectivity index (χ4v) is 12.6. The van der Waals surface area contributed by atoms with Gasteiger partial charge in [0.2, 0.25) is 0 Å². The lowest BCUT2D eigenvalue weighted by molar-refractivity contribution is -0.300. The van der Waals surface area contributed by atoms with E-state index in [2.05, 4.69) is 11.8 Å². The number of likely N-dealkylation sites (tertiary alicyclic amines) is 1. The molecule has 1 saturated heterocycles. The summed E-state index contributed by atoms with van der Waals surface area (Å²) >= 11 is 0. The van der Waals surface area contributed by atoms with Gasteiger partial charge in [-0.15, -0.1) is 0 Å². The molecular weight excluding hydrogens is 638 g/mol. The number of ether oxygens (including phenoxy) is 8. The third kappa shape index (κ3) is 4.24. The predicted molar refractivity (Wildman–Crippen MR) is 172 cm³/mol. The quantitative estimate of drug-likeness (QED) is 0.325. The van der Waals surface area contributed by atoms with Gasteiger partial charge in [-0.3, -0.25) is 9.69 Å². The van der Waals surface area contributed by atoms with Crippen molar-refractivity contribution in [2.45, 2.75) is 80.9 Å². The number of esters is 2. The van der Waals surface area contributed by atoms with E-state index in [9.17, 15) is 19.8 Å². The molecular formula is C36H51NO12. The van der Waals surface area contributed by atoms with Gasteiger partial charge in [-0.2, -0.15) is 0 Å². The average molecular weight is 690 g/mol. The Hall–Kier alpha value is -2.52. The Kier molecular flexibility index (Phi) is 8.57. The molecule has 1 aromatic rings. The maximum Gasteiger partial charge on any atom is 0.338 e. The van der Waals surface area contributed by atoms with Crippen LogP contribution >= 0.6 is 0 Å². The van der Waals surface area contributed by atoms with Gasteiger partial charge in [0.05, 0.1) is 50.8 Å². The molecule has 5 saturated carbocycles. The normalized spacial score (nSPS) is 45.9. The molecule has 0 radical (unpaired) electrons. The number of fused-ring (bicyclic) bond motifs is 2. The topological polar surface area (TPSA) is 152 Å². The largest absolute Gasteiger partial charge is 0.493 e. The Morgan fingerprint density at radius 2 is 1.67 bits per heavy atom. The van der Waals surface area contributed by atoms with Crippen molar-refractivity contribution in [3.05, 3.63) is 23.8 Å². The number of benzene rings is 1. The van der Waals surface area contributed by atoms with Gasteiger partial charge in [0.15, 0.2) is 11.5 Å². The second-order valence-electron chi connectivity index (χ2n) is 15.1. The smallest absolute Gasteiger partial charge is 0.338 e. The first-order valence-electron chi connectivity index (χ1n) is 17.3. The van der Waals surface area contributed by atoms with Gasteiger partial charge in [-0.1, -0.05) is 6.92 Å². The number of nitrogens with zero attached hydrogens (tertiary/aromatic N) is 1. The number of rotatable bonds is 11. The Morgan fingerprint density at radius 1 is 0.959 bits per heavy atom. The van der Waals surface area contributed by atoms with Crippen LogP contribution in [0.3, 0.4) is 0 Å². The molecule has 6 fully saturated rings. The number of hydrogen-bond acceptors (Lipinski definition) is 13. The summed E-state index contributed by atoms with van der Waals surface area (Å²) in [6, 6.07) is 4.56. The second-order valence-corrected chi connectivity index (χ2v) is 15.1. The third-order valence-electron chi connectivity index (χ3n) is 13.7. The molecule has 14 atom stereocenters. The summed E-state index contributed by atoms with van der Waals surface area (Å²) in [5.41, 5.74) is -4.09. The summed E-state index contributed by atoms with van der Waals surface area (Å²) < 4.78 is 48.9. The molecule has 7 bridgehead atoms. The summed E-state index contributed by atoms with van der Waals surface area (Å²) in [4.78, 5) is 29.8. The molecule has 0 amide bonds. The molecule has 7 rings (SSSR count). The standard InChI is InChI=1S/C36H51NO12/c1-9-37-16-33(17-42-3)23(39)13-24(45-6)36-20-14-34(41)25(46-7)15-35(49-18(2)38,27(30(36)37)28(47-8)29(33)36)26(20)31(34)48-32(40)19-10-11-21(43-4)22(12-19)44-5/h10-12,20,23-31,39,41H,9,13-17H2,1-8H3/t20-,23-,24+,25+,26-,27+,28+,29-,30+,31-,33+,34+,35-,36+/m1/s1. The minimum absolute atomic E-state index is 0.185. The maximum absolute atomic E-state index is 14.1. The zero-order valence-corrected chi connectivity index (χ0v) is 29.7. The van der Waals surface area contributed by atoms with Gasteiger partial charge in [0.1, 0.15) is 17.3 Å². The highest BCUT2D eigenvalue weighted by Crippen LogP contribution is 2.80. The summed E-state index contributed by atoms with van der Waals surface area (Å²) in [6.07, 6.45) is -2.89. The van der Waals surface area contributed by atoms with Crippen molar-refractivity contribution in [2.24, 2.45) is 34.5 Å². The minimum atomic E-state index is -1.62. The molecule has 0 unspecified atom stereocenters. The highest BCUT2D eigenvalue weighted by atomic mass is 16.6. The molecule has 1 aromatic carbocycles. The summed E-state index contributed by atoms with van der Waals surface area (Å²) in [5.74, 6) is -2.07. The van der Waals surface area contributed by atoms with E-state index in [0.29, 0.717) is 31.0 Å². The molecule has 49 heavy (non-hydrogen) atoms. The lowest BCUT2D eigenvalue weighted by Gasteiger charge is -2.70. The molecule has 13 heteroatoms. The Morgan fingerprint density at radius 3 is 2.27 bits per heavy atom. The number of aliphatic hydroxyl groups excluding tert-OH is 1. The zero-order valence-electron chi connectivity index (χ0n) is 29.7. The summed E-state index contributed by atoms with van der Waals surface area (Å²) in [5, 5.41) is 24.9. The van der Waals surface area contributed by atoms with Crippen LogP contribution in [0.2, 0.25) is 0 Å². The molecule has 1 spiro atoms. The SMILES string of the molecule is CCN1C[C@]2(COC)[C@H](O)C[C@H](OC)[C@@]34[C@@H]5C[C@]6(O)[C@@H](OC)C[C@@](OC(C)=O)([C@H]5[C@H]6OC(=O)c5ccc(OC)c(OC)c5)[C@@H]([C@H](OC)[C@H]23)[C@H]14. The molecule has 13 nitrogen and oxygen atoms in total. The van der Waals surface area contributed by atoms with Gasteiger partial charge >= 0.3 is 11.9 Å². The maximum atomic E-state index is 14.1. The van der Waals surface area contributed by atoms with Crippen molar-refractivity contribution in [3.63, 3.8) is 0 Å². The van der Waals surface area contributed by atoms with E-state index in [1.807, 2.05) is 0 Å². The van der Waals surface area contributed by atoms with Gasteiger partial charge < -0.3 is 48.1 Å². The number of piperidine rings is 1.